The summed E-state index contributed by atoms with van der Waals surface area (Å²) in [5, 5.41) is 1.71. The Morgan fingerprint density at radius 2 is 1.45 bits per heavy atom. The van der Waals surface area contributed by atoms with Crippen LogP contribution in [0.3, 0.4) is 0 Å². The molecule has 0 spiro atoms. The van der Waals surface area contributed by atoms with Crippen molar-refractivity contribution in [3.63, 3.8) is 0 Å². The fraction of sp³-hybridized carbons (Fsp3) is 0.524. The molecule has 0 N–H and O–H groups in total. The van der Waals surface area contributed by atoms with Crippen molar-refractivity contribution in [1.82, 2.24) is 0 Å². The van der Waals surface area contributed by atoms with E-state index in [1.807, 2.05) is 36.4 Å². The summed E-state index contributed by atoms with van der Waals surface area (Å²) >= 11 is 0. The minimum Gasteiger partial charge on any atom is -0.484 e. The molecule has 0 aromatic heterocycles. The van der Waals surface area contributed by atoms with E-state index in [2.05, 4.69) is 0 Å². The Labute approximate surface area is 192 Å². The van der Waals surface area contributed by atoms with Gasteiger partial charge < -0.3 is 18.9 Å². The standard InChI is InChI=1S/C21H26O10S2/c1-20(2)29-17-18(28-16-11-7-9-14-8-5-6-10-15(14)16)21(31-19(17)30-20,12-26-32(3,22)23)13-27-33(4,24)25/h5-11,17-19H,12-13H2,1-4H3/t17-,18-,19+/m1/s1. The lowest BCUT2D eigenvalue weighted by atomic mass is 9.96. The van der Waals surface area contributed by atoms with Gasteiger partial charge in [0.1, 0.15) is 19.0 Å². The van der Waals surface area contributed by atoms with Crippen LogP contribution in [-0.2, 0) is 42.8 Å². The lowest BCUT2D eigenvalue weighted by Gasteiger charge is -2.35. The zero-order valence-corrected chi connectivity index (χ0v) is 20.2. The molecule has 0 aliphatic carbocycles. The molecule has 12 heteroatoms. The van der Waals surface area contributed by atoms with E-state index < -0.39 is 63.3 Å². The molecule has 2 aliphatic heterocycles. The second-order valence-corrected chi connectivity index (χ2v) is 11.9. The summed E-state index contributed by atoms with van der Waals surface area (Å²) in [6.45, 7) is 2.25. The Morgan fingerprint density at radius 1 is 0.848 bits per heavy atom. The summed E-state index contributed by atoms with van der Waals surface area (Å²) in [6.07, 6.45) is -1.05. The molecule has 0 bridgehead atoms. The minimum absolute atomic E-state index is 0.471. The third-order valence-electron chi connectivity index (χ3n) is 5.29. The van der Waals surface area contributed by atoms with Gasteiger partial charge in [-0.25, -0.2) is 0 Å². The van der Waals surface area contributed by atoms with Crippen LogP contribution in [0.25, 0.3) is 10.8 Å². The predicted octanol–water partition coefficient (Wildman–Crippen LogP) is 1.79. The lowest BCUT2D eigenvalue weighted by Crippen LogP contribution is -2.55. The maximum atomic E-state index is 11.8. The van der Waals surface area contributed by atoms with E-state index in [0.29, 0.717) is 5.75 Å². The molecule has 0 radical (unpaired) electrons. The number of fused-ring (bicyclic) bond motifs is 2. The molecule has 2 aromatic carbocycles. The molecule has 33 heavy (non-hydrogen) atoms. The normalized spacial score (nSPS) is 26.4. The first-order chi connectivity index (χ1) is 15.3. The van der Waals surface area contributed by atoms with E-state index in [4.69, 9.17) is 27.3 Å². The zero-order valence-electron chi connectivity index (χ0n) is 18.6. The number of hydrogen-bond acceptors (Lipinski definition) is 10. The van der Waals surface area contributed by atoms with Crippen LogP contribution in [0.2, 0.25) is 0 Å². The van der Waals surface area contributed by atoms with E-state index >= 15 is 0 Å². The van der Waals surface area contributed by atoms with Gasteiger partial charge in [0.25, 0.3) is 20.2 Å². The topological polar surface area (TPSA) is 124 Å². The SMILES string of the molecule is CC1(C)O[C@H]2OC(COS(C)(=O)=O)(COS(C)(=O)=O)[C@H](Oc3cccc4ccccc34)[C@H]2O1. The zero-order chi connectivity index (χ0) is 24.1. The third-order valence-corrected chi connectivity index (χ3v) is 6.39. The Balaban J connectivity index is 1.77. The van der Waals surface area contributed by atoms with E-state index in [0.717, 1.165) is 23.3 Å². The lowest BCUT2D eigenvalue weighted by molar-refractivity contribution is -0.246. The average molecular weight is 503 g/mol. The van der Waals surface area contributed by atoms with Gasteiger partial charge in [-0.15, -0.1) is 0 Å². The fourth-order valence-electron chi connectivity index (χ4n) is 3.95. The van der Waals surface area contributed by atoms with Crippen LogP contribution in [0.5, 0.6) is 5.75 Å². The van der Waals surface area contributed by atoms with Crippen molar-refractivity contribution >= 4 is 31.0 Å². The Bertz CT molecular complexity index is 1200. The number of ether oxygens (including phenoxy) is 4. The summed E-state index contributed by atoms with van der Waals surface area (Å²) in [5.74, 6) is -0.532. The van der Waals surface area contributed by atoms with Gasteiger partial charge in [-0.3, -0.25) is 8.37 Å². The van der Waals surface area contributed by atoms with Crippen LogP contribution < -0.4 is 4.74 Å². The summed E-state index contributed by atoms with van der Waals surface area (Å²) < 4.78 is 81.4. The highest BCUT2D eigenvalue weighted by atomic mass is 32.2. The molecule has 182 valence electrons. The molecule has 2 aromatic rings. The van der Waals surface area contributed by atoms with Gasteiger partial charge in [0, 0.05) is 5.39 Å². The molecule has 2 fully saturated rings. The average Bonchev–Trinajstić information content (AvgIpc) is 3.14. The molecule has 0 amide bonds. The van der Waals surface area contributed by atoms with Crippen LogP contribution >= 0.6 is 0 Å². The number of benzene rings is 2. The third kappa shape index (κ3) is 5.48. The van der Waals surface area contributed by atoms with Crippen molar-refractivity contribution in [3.05, 3.63) is 42.5 Å². The number of hydrogen-bond donors (Lipinski definition) is 0. The van der Waals surface area contributed by atoms with Gasteiger partial charge in [0.05, 0.1) is 12.5 Å². The highest BCUT2D eigenvalue weighted by Crippen LogP contribution is 2.45. The molecule has 3 atom stereocenters. The van der Waals surface area contributed by atoms with Gasteiger partial charge in [0.2, 0.25) is 0 Å². The van der Waals surface area contributed by atoms with Gasteiger partial charge in [-0.05, 0) is 25.3 Å². The van der Waals surface area contributed by atoms with Crippen molar-refractivity contribution in [3.8, 4) is 5.75 Å². The molecule has 2 saturated heterocycles. The predicted molar refractivity (Wildman–Crippen MR) is 118 cm³/mol. The Kier molecular flexibility index (Phi) is 6.23. The molecular formula is C21H26O10S2. The van der Waals surface area contributed by atoms with E-state index in [9.17, 15) is 16.8 Å². The highest BCUT2D eigenvalue weighted by molar-refractivity contribution is 7.86. The Morgan fingerprint density at radius 3 is 2.09 bits per heavy atom. The van der Waals surface area contributed by atoms with Crippen LogP contribution in [0.15, 0.2) is 42.5 Å². The van der Waals surface area contributed by atoms with Crippen molar-refractivity contribution in [2.45, 2.75) is 43.7 Å². The largest absolute Gasteiger partial charge is 0.484 e. The summed E-state index contributed by atoms with van der Waals surface area (Å²) in [6, 6.07) is 13.0. The molecule has 0 unspecified atom stereocenters. The fourth-order valence-corrected chi connectivity index (χ4v) is 4.78. The van der Waals surface area contributed by atoms with Gasteiger partial charge in [-0.1, -0.05) is 36.4 Å². The van der Waals surface area contributed by atoms with Crippen molar-refractivity contribution in [2.24, 2.45) is 0 Å². The first-order valence-corrected chi connectivity index (χ1v) is 13.8. The molecule has 2 heterocycles. The summed E-state index contributed by atoms with van der Waals surface area (Å²) in [7, 11) is -7.81. The maximum absolute atomic E-state index is 11.8. The second-order valence-electron chi connectivity index (χ2n) is 8.60. The van der Waals surface area contributed by atoms with Crippen molar-refractivity contribution in [2.75, 3.05) is 25.7 Å². The van der Waals surface area contributed by atoms with Crippen LogP contribution in [0, 0.1) is 0 Å². The van der Waals surface area contributed by atoms with E-state index in [1.54, 1.807) is 19.9 Å². The van der Waals surface area contributed by atoms with Crippen molar-refractivity contribution in [1.29, 1.82) is 0 Å². The molecule has 0 saturated carbocycles. The molecule has 2 aliphatic rings. The molecular weight excluding hydrogens is 476 g/mol. The van der Waals surface area contributed by atoms with Crippen molar-refractivity contribution < 1.29 is 44.1 Å². The monoisotopic (exact) mass is 502 g/mol. The Hall–Kier alpha value is -1.80. The van der Waals surface area contributed by atoms with E-state index in [-0.39, 0.29) is 0 Å². The van der Waals surface area contributed by atoms with Gasteiger partial charge in [-0.2, -0.15) is 16.8 Å². The van der Waals surface area contributed by atoms with Gasteiger partial charge in [0.15, 0.2) is 29.9 Å². The smallest absolute Gasteiger partial charge is 0.264 e. The first kappa shape index (κ1) is 24.3. The van der Waals surface area contributed by atoms with Crippen LogP contribution in [-0.4, -0.2) is 72.4 Å². The van der Waals surface area contributed by atoms with E-state index in [1.165, 1.54) is 0 Å². The summed E-state index contributed by atoms with van der Waals surface area (Å²) in [4.78, 5) is 0. The second kappa shape index (κ2) is 8.45. The number of rotatable bonds is 8. The molecule has 4 rings (SSSR count). The quantitative estimate of drug-likeness (QED) is 0.494. The maximum Gasteiger partial charge on any atom is 0.264 e. The minimum atomic E-state index is -3.90. The highest BCUT2D eigenvalue weighted by Gasteiger charge is 2.64. The van der Waals surface area contributed by atoms with Crippen LogP contribution in [0.1, 0.15) is 13.8 Å². The first-order valence-electron chi connectivity index (χ1n) is 10.1. The van der Waals surface area contributed by atoms with Crippen LogP contribution in [0.4, 0.5) is 0 Å². The summed E-state index contributed by atoms with van der Waals surface area (Å²) in [5.41, 5.74) is -1.67. The van der Waals surface area contributed by atoms with Gasteiger partial charge >= 0.3 is 0 Å². The molecule has 10 nitrogen and oxygen atoms in total.